The van der Waals surface area contributed by atoms with Crippen molar-refractivity contribution in [2.75, 3.05) is 13.2 Å². The van der Waals surface area contributed by atoms with E-state index in [0.717, 1.165) is 22.8 Å². The van der Waals surface area contributed by atoms with Gasteiger partial charge in [0.1, 0.15) is 29.8 Å². The van der Waals surface area contributed by atoms with Crippen LogP contribution in [0.3, 0.4) is 0 Å². The lowest BCUT2D eigenvalue weighted by atomic mass is 9.98. The van der Waals surface area contributed by atoms with Gasteiger partial charge in [-0.15, -0.1) is 0 Å². The molecule has 0 radical (unpaired) electrons. The Labute approximate surface area is 210 Å². The predicted molar refractivity (Wildman–Crippen MR) is 142 cm³/mol. The van der Waals surface area contributed by atoms with Crippen molar-refractivity contribution in [3.05, 3.63) is 65.2 Å². The summed E-state index contributed by atoms with van der Waals surface area (Å²) in [5.74, 6) is 1.78. The number of amides is 1. The highest BCUT2D eigenvalue weighted by molar-refractivity contribution is 8.27. The summed E-state index contributed by atoms with van der Waals surface area (Å²) in [7, 11) is 0. The van der Waals surface area contributed by atoms with Crippen LogP contribution in [0.25, 0.3) is 6.08 Å². The molecule has 0 aromatic heterocycles. The van der Waals surface area contributed by atoms with Crippen molar-refractivity contribution in [2.24, 2.45) is 16.0 Å². The number of hydrogen-bond acceptors (Lipinski definition) is 6. The van der Waals surface area contributed by atoms with Gasteiger partial charge in [-0.2, -0.15) is 15.1 Å². The number of carbonyl (C=O) groups excluding carboxylic acids is 1. The molecule has 1 atom stereocenters. The zero-order valence-corrected chi connectivity index (χ0v) is 21.3. The number of para-hydroxylation sites is 1. The fraction of sp³-hybridized carbons (Fsp3) is 0.333. The summed E-state index contributed by atoms with van der Waals surface area (Å²) in [6.07, 6.45) is 2.71. The Hall–Kier alpha value is -3.39. The fourth-order valence-corrected chi connectivity index (χ4v) is 4.54. The molecule has 2 aromatic rings. The maximum atomic E-state index is 12.6. The molecule has 2 aliphatic heterocycles. The number of nitrogens with zero attached hydrogens (tertiary/aromatic N) is 3. The van der Waals surface area contributed by atoms with Gasteiger partial charge in [0.05, 0.1) is 5.57 Å². The van der Waals surface area contributed by atoms with Gasteiger partial charge in [-0.25, -0.2) is 0 Å². The number of thioether (sulfide) groups is 1. The summed E-state index contributed by atoms with van der Waals surface area (Å²) in [4.78, 5) is 16.8. The van der Waals surface area contributed by atoms with E-state index in [2.05, 4.69) is 30.0 Å². The van der Waals surface area contributed by atoms with Crippen LogP contribution in [0.1, 0.15) is 51.2 Å². The molecule has 0 bridgehead atoms. The number of carbonyl (C=O) groups is 1. The monoisotopic (exact) mass is 490 g/mol. The molecule has 7 nitrogen and oxygen atoms in total. The van der Waals surface area contributed by atoms with Crippen LogP contribution in [0.5, 0.6) is 11.5 Å². The molecule has 0 fully saturated rings. The molecule has 0 saturated heterocycles. The van der Waals surface area contributed by atoms with E-state index >= 15 is 0 Å². The van der Waals surface area contributed by atoms with Crippen molar-refractivity contribution in [1.82, 2.24) is 5.01 Å². The van der Waals surface area contributed by atoms with E-state index < -0.39 is 5.91 Å². The number of aliphatic imine (C=N–C) groups is 1. The van der Waals surface area contributed by atoms with Crippen LogP contribution in [-0.2, 0) is 4.79 Å². The molecular formula is C27H30N4O3S. The number of amidine groups is 2. The van der Waals surface area contributed by atoms with Gasteiger partial charge < -0.3 is 9.47 Å². The van der Waals surface area contributed by atoms with Gasteiger partial charge in [0.25, 0.3) is 5.91 Å². The molecule has 0 spiro atoms. The number of ether oxygens (including phenoxy) is 2. The number of benzene rings is 2. The Morgan fingerprint density at radius 3 is 2.63 bits per heavy atom. The first kappa shape index (κ1) is 24.7. The molecule has 4 rings (SSSR count). The Kier molecular flexibility index (Phi) is 7.70. The van der Waals surface area contributed by atoms with Crippen LogP contribution in [0, 0.1) is 11.3 Å². The van der Waals surface area contributed by atoms with Crippen LogP contribution in [0.2, 0.25) is 0 Å². The van der Waals surface area contributed by atoms with Crippen LogP contribution in [0.15, 0.2) is 64.2 Å². The third kappa shape index (κ3) is 5.65. The molecule has 1 amide bonds. The molecule has 1 N–H and O–H groups in total. The topological polar surface area (TPSA) is 87.3 Å². The number of hydrazone groups is 1. The SMILES string of the molecule is CCC(C)c1ccccc1OCCOc1cccc(/C=C2/C(=N)N3N=C(C(C)C)SC3=NC2=O)c1. The maximum Gasteiger partial charge on any atom is 0.283 e. The molecular weight excluding hydrogens is 460 g/mol. The highest BCUT2D eigenvalue weighted by Gasteiger charge is 2.36. The zero-order valence-electron chi connectivity index (χ0n) is 20.4. The van der Waals surface area contributed by atoms with E-state index in [9.17, 15) is 4.79 Å². The van der Waals surface area contributed by atoms with Crippen molar-refractivity contribution < 1.29 is 14.3 Å². The van der Waals surface area contributed by atoms with Crippen LogP contribution >= 0.6 is 11.8 Å². The van der Waals surface area contributed by atoms with E-state index in [1.807, 2.05) is 56.3 Å². The van der Waals surface area contributed by atoms with Crippen molar-refractivity contribution in [3.63, 3.8) is 0 Å². The average Bonchev–Trinajstić information content (AvgIpc) is 3.29. The Morgan fingerprint density at radius 2 is 1.86 bits per heavy atom. The lowest BCUT2D eigenvalue weighted by Crippen LogP contribution is -2.35. The van der Waals surface area contributed by atoms with Crippen molar-refractivity contribution >= 4 is 39.8 Å². The minimum absolute atomic E-state index is 0.0304. The van der Waals surface area contributed by atoms with E-state index in [1.165, 1.54) is 22.3 Å². The van der Waals surface area contributed by atoms with Crippen LogP contribution in [0.4, 0.5) is 0 Å². The van der Waals surface area contributed by atoms with Crippen molar-refractivity contribution in [1.29, 1.82) is 5.41 Å². The second kappa shape index (κ2) is 10.9. The first-order valence-electron chi connectivity index (χ1n) is 11.8. The van der Waals surface area contributed by atoms with Gasteiger partial charge in [-0.3, -0.25) is 10.2 Å². The maximum absolute atomic E-state index is 12.6. The Bertz CT molecular complexity index is 1220. The van der Waals surface area contributed by atoms with Crippen LogP contribution in [-0.4, -0.2) is 40.2 Å². The van der Waals surface area contributed by atoms with E-state index in [1.54, 1.807) is 6.08 Å². The van der Waals surface area contributed by atoms with Gasteiger partial charge >= 0.3 is 0 Å². The molecule has 2 heterocycles. The zero-order chi connectivity index (χ0) is 24.9. The predicted octanol–water partition coefficient (Wildman–Crippen LogP) is 5.93. The third-order valence-corrected chi connectivity index (χ3v) is 7.01. The van der Waals surface area contributed by atoms with Crippen molar-refractivity contribution in [3.8, 4) is 11.5 Å². The summed E-state index contributed by atoms with van der Waals surface area (Å²) in [5, 5.41) is 15.7. The summed E-state index contributed by atoms with van der Waals surface area (Å²) in [6.45, 7) is 9.21. The van der Waals surface area contributed by atoms with Gasteiger partial charge in [-0.05, 0) is 59.5 Å². The first-order chi connectivity index (χ1) is 16.9. The van der Waals surface area contributed by atoms with E-state index in [-0.39, 0.29) is 17.3 Å². The summed E-state index contributed by atoms with van der Waals surface area (Å²) < 4.78 is 11.9. The van der Waals surface area contributed by atoms with Gasteiger partial charge in [0, 0.05) is 5.92 Å². The molecule has 0 saturated carbocycles. The standard InChI is InChI=1S/C27H30N4O3S/c1-5-18(4)21-11-6-7-12-23(21)34-14-13-33-20-10-8-9-19(15-20)16-22-24(28)31-27(29-25(22)32)35-26(30-31)17(2)3/h6-12,15-18,28H,5,13-14H2,1-4H3/b22-16-,28-24?. The largest absolute Gasteiger partial charge is 0.490 e. The molecule has 182 valence electrons. The molecule has 0 aliphatic carbocycles. The number of fused-ring (bicyclic) bond motifs is 1. The molecule has 1 unspecified atom stereocenters. The Morgan fingerprint density at radius 1 is 1.09 bits per heavy atom. The molecule has 35 heavy (non-hydrogen) atoms. The quantitative estimate of drug-likeness (QED) is 0.348. The average molecular weight is 491 g/mol. The van der Waals surface area contributed by atoms with E-state index in [0.29, 0.717) is 30.0 Å². The van der Waals surface area contributed by atoms with Gasteiger partial charge in [-0.1, -0.05) is 58.0 Å². The highest BCUT2D eigenvalue weighted by atomic mass is 32.2. The van der Waals surface area contributed by atoms with E-state index in [4.69, 9.17) is 14.9 Å². The number of nitrogens with one attached hydrogen (secondary N) is 1. The lowest BCUT2D eigenvalue weighted by molar-refractivity contribution is -0.114. The lowest BCUT2D eigenvalue weighted by Gasteiger charge is -2.20. The fourth-order valence-electron chi connectivity index (χ4n) is 3.65. The number of hydrogen-bond donors (Lipinski definition) is 1. The number of rotatable bonds is 9. The van der Waals surface area contributed by atoms with Crippen LogP contribution < -0.4 is 9.47 Å². The van der Waals surface area contributed by atoms with Gasteiger partial charge in [0.2, 0.25) is 5.17 Å². The molecule has 2 aliphatic rings. The second-order valence-corrected chi connectivity index (χ2v) is 9.72. The highest BCUT2D eigenvalue weighted by Crippen LogP contribution is 2.31. The normalized spacial score (nSPS) is 17.4. The summed E-state index contributed by atoms with van der Waals surface area (Å²) >= 11 is 1.34. The molecule has 8 heteroatoms. The molecule has 2 aromatic carbocycles. The minimum atomic E-state index is -0.436. The summed E-state index contributed by atoms with van der Waals surface area (Å²) in [5.41, 5.74) is 2.15. The first-order valence-corrected chi connectivity index (χ1v) is 12.6. The third-order valence-electron chi connectivity index (χ3n) is 5.81. The minimum Gasteiger partial charge on any atom is -0.490 e. The summed E-state index contributed by atoms with van der Waals surface area (Å²) in [6, 6.07) is 15.5. The smallest absolute Gasteiger partial charge is 0.283 e. The van der Waals surface area contributed by atoms with Crippen molar-refractivity contribution in [2.45, 2.75) is 40.0 Å². The Balaban J connectivity index is 1.40. The second-order valence-electron chi connectivity index (χ2n) is 8.73. The van der Waals surface area contributed by atoms with Gasteiger partial charge in [0.15, 0.2) is 5.84 Å².